The summed E-state index contributed by atoms with van der Waals surface area (Å²) in [7, 11) is 0. The van der Waals surface area contributed by atoms with Crippen LogP contribution in [0.4, 0.5) is 20.3 Å². The van der Waals surface area contributed by atoms with Crippen molar-refractivity contribution < 1.29 is 13.5 Å². The lowest BCUT2D eigenvalue weighted by Gasteiger charge is -2.14. The number of thiocarbonyl (C=S) groups is 1. The molecule has 1 heterocycles. The van der Waals surface area contributed by atoms with Gasteiger partial charge < -0.3 is 15.4 Å². The summed E-state index contributed by atoms with van der Waals surface area (Å²) in [6, 6.07) is 11.8. The normalized spacial score (nSPS) is 10.8. The van der Waals surface area contributed by atoms with Crippen LogP contribution in [0.5, 0.6) is 5.75 Å². The maximum absolute atomic E-state index is 12.6. The number of aromatic nitrogens is 2. The maximum atomic E-state index is 12.6. The number of rotatable bonds is 6. The van der Waals surface area contributed by atoms with Gasteiger partial charge in [0.2, 0.25) is 0 Å². The molecule has 2 N–H and O–H groups in total. The van der Waals surface area contributed by atoms with Crippen molar-refractivity contribution in [2.45, 2.75) is 20.1 Å². The van der Waals surface area contributed by atoms with E-state index in [1.807, 2.05) is 6.07 Å². The maximum Gasteiger partial charge on any atom is 0.387 e. The molecule has 10 heteroatoms. The molecular weight excluding hydrogens is 441 g/mol. The van der Waals surface area contributed by atoms with Gasteiger partial charge in [0.15, 0.2) is 10.9 Å². The van der Waals surface area contributed by atoms with Crippen LogP contribution < -0.4 is 15.4 Å². The van der Waals surface area contributed by atoms with Gasteiger partial charge >= 0.3 is 6.61 Å². The third-order valence-electron chi connectivity index (χ3n) is 3.83. The lowest BCUT2D eigenvalue weighted by atomic mass is 10.2. The molecule has 0 amide bonds. The van der Waals surface area contributed by atoms with Crippen LogP contribution in [0.15, 0.2) is 48.7 Å². The Bertz CT molecular complexity index is 1030. The first-order valence-electron chi connectivity index (χ1n) is 8.41. The molecule has 0 fully saturated rings. The van der Waals surface area contributed by atoms with E-state index in [1.54, 1.807) is 48.1 Å². The summed E-state index contributed by atoms with van der Waals surface area (Å²) in [6.07, 6.45) is 1.76. The molecule has 0 unspecified atom stereocenters. The zero-order chi connectivity index (χ0) is 21.0. The molecule has 5 nitrogen and oxygen atoms in total. The van der Waals surface area contributed by atoms with Gasteiger partial charge in [0, 0.05) is 22.3 Å². The van der Waals surface area contributed by atoms with E-state index in [0.29, 0.717) is 28.1 Å². The second-order valence-electron chi connectivity index (χ2n) is 6.09. The molecule has 29 heavy (non-hydrogen) atoms. The molecule has 0 radical (unpaired) electrons. The summed E-state index contributed by atoms with van der Waals surface area (Å²) >= 11 is 17.3. The van der Waals surface area contributed by atoms with Gasteiger partial charge in [0.1, 0.15) is 5.75 Å². The first kappa shape index (κ1) is 21.3. The van der Waals surface area contributed by atoms with Crippen molar-refractivity contribution in [1.82, 2.24) is 9.78 Å². The molecular formula is C19H16Cl2F2N4OS. The molecule has 3 rings (SSSR count). The van der Waals surface area contributed by atoms with Crippen molar-refractivity contribution in [3.63, 3.8) is 0 Å². The standard InChI is InChI=1S/C19H16Cl2F2N4OS/c1-11-2-5-15(16(8-11)28-18(22)23)24-19(29)25-17-6-7-27(26-17)10-12-3-4-13(20)9-14(12)21/h2-9,18H,10H2,1H3,(H2,24,25,26,29). The Balaban J connectivity index is 1.65. The topological polar surface area (TPSA) is 51.1 Å². The number of hydrogen-bond acceptors (Lipinski definition) is 3. The van der Waals surface area contributed by atoms with Crippen LogP contribution in [0.25, 0.3) is 0 Å². The van der Waals surface area contributed by atoms with E-state index in [4.69, 9.17) is 35.4 Å². The lowest BCUT2D eigenvalue weighted by Crippen LogP contribution is -2.20. The molecule has 0 atom stereocenters. The van der Waals surface area contributed by atoms with Crippen LogP contribution in [0.1, 0.15) is 11.1 Å². The van der Waals surface area contributed by atoms with Crippen molar-refractivity contribution in [2.75, 3.05) is 10.6 Å². The minimum Gasteiger partial charge on any atom is -0.433 e. The monoisotopic (exact) mass is 456 g/mol. The summed E-state index contributed by atoms with van der Waals surface area (Å²) in [4.78, 5) is 0. The molecule has 0 saturated carbocycles. The van der Waals surface area contributed by atoms with Gasteiger partial charge in [-0.1, -0.05) is 35.3 Å². The number of halogens is 4. The van der Waals surface area contributed by atoms with Gasteiger partial charge in [-0.25, -0.2) is 0 Å². The average Bonchev–Trinajstić information content (AvgIpc) is 3.06. The van der Waals surface area contributed by atoms with Crippen LogP contribution in [-0.4, -0.2) is 21.5 Å². The Kier molecular flexibility index (Phi) is 6.89. The highest BCUT2D eigenvalue weighted by molar-refractivity contribution is 7.80. The Morgan fingerprint density at radius 3 is 2.69 bits per heavy atom. The van der Waals surface area contributed by atoms with E-state index in [1.165, 1.54) is 6.07 Å². The number of nitrogens with zero attached hydrogens (tertiary/aromatic N) is 2. The SMILES string of the molecule is Cc1ccc(NC(=S)Nc2ccn(Cc3ccc(Cl)cc3Cl)n2)c(OC(F)F)c1. The number of ether oxygens (including phenoxy) is 1. The number of aryl methyl sites for hydroxylation is 1. The van der Waals surface area contributed by atoms with Crippen molar-refractivity contribution in [2.24, 2.45) is 0 Å². The van der Waals surface area contributed by atoms with Gasteiger partial charge in [-0.2, -0.15) is 13.9 Å². The van der Waals surface area contributed by atoms with E-state index >= 15 is 0 Å². The number of alkyl halides is 2. The first-order chi connectivity index (χ1) is 13.8. The van der Waals surface area contributed by atoms with Crippen LogP contribution >= 0.6 is 35.4 Å². The van der Waals surface area contributed by atoms with Gasteiger partial charge in [0.25, 0.3) is 0 Å². The summed E-state index contributed by atoms with van der Waals surface area (Å²) in [6.45, 7) is -0.713. The lowest BCUT2D eigenvalue weighted by molar-refractivity contribution is -0.0493. The quantitative estimate of drug-likeness (QED) is 0.448. The van der Waals surface area contributed by atoms with E-state index in [-0.39, 0.29) is 10.9 Å². The predicted octanol–water partition coefficient (Wildman–Crippen LogP) is 5.96. The van der Waals surface area contributed by atoms with Gasteiger partial charge in [-0.05, 0) is 54.5 Å². The van der Waals surface area contributed by atoms with Crippen molar-refractivity contribution >= 4 is 52.0 Å². The van der Waals surface area contributed by atoms with E-state index in [2.05, 4.69) is 20.5 Å². The molecule has 0 spiro atoms. The molecule has 0 aliphatic rings. The molecule has 0 bridgehead atoms. The fraction of sp³-hybridized carbons (Fsp3) is 0.158. The highest BCUT2D eigenvalue weighted by Gasteiger charge is 2.12. The van der Waals surface area contributed by atoms with Crippen LogP contribution in [0.2, 0.25) is 10.0 Å². The molecule has 3 aromatic rings. The van der Waals surface area contributed by atoms with E-state index in [9.17, 15) is 8.78 Å². The highest BCUT2D eigenvalue weighted by Crippen LogP contribution is 2.27. The summed E-state index contributed by atoms with van der Waals surface area (Å²) in [5, 5.41) is 11.4. The molecule has 2 aromatic carbocycles. The molecule has 0 aliphatic heterocycles. The van der Waals surface area contributed by atoms with E-state index < -0.39 is 6.61 Å². The Morgan fingerprint density at radius 2 is 1.97 bits per heavy atom. The Morgan fingerprint density at radius 1 is 1.17 bits per heavy atom. The Hall–Kier alpha value is -2.42. The predicted molar refractivity (Wildman–Crippen MR) is 115 cm³/mol. The average molecular weight is 457 g/mol. The van der Waals surface area contributed by atoms with Gasteiger partial charge in [0.05, 0.1) is 12.2 Å². The second-order valence-corrected chi connectivity index (χ2v) is 7.34. The zero-order valence-electron chi connectivity index (χ0n) is 15.1. The summed E-state index contributed by atoms with van der Waals surface area (Å²) in [5.74, 6) is 0.489. The van der Waals surface area contributed by atoms with Crippen LogP contribution in [-0.2, 0) is 6.54 Å². The Labute approximate surface area is 181 Å². The fourth-order valence-electron chi connectivity index (χ4n) is 2.54. The van der Waals surface area contributed by atoms with Crippen molar-refractivity contribution in [3.05, 3.63) is 69.8 Å². The summed E-state index contributed by atoms with van der Waals surface area (Å²) in [5.41, 5.74) is 1.96. The van der Waals surface area contributed by atoms with Gasteiger partial charge in [-0.15, -0.1) is 0 Å². The van der Waals surface area contributed by atoms with Crippen LogP contribution in [0.3, 0.4) is 0 Å². The molecule has 152 valence electrons. The number of benzene rings is 2. The van der Waals surface area contributed by atoms with E-state index in [0.717, 1.165) is 11.1 Å². The minimum absolute atomic E-state index is 0.00654. The molecule has 0 aliphatic carbocycles. The summed E-state index contributed by atoms with van der Waals surface area (Å²) < 4.78 is 31.5. The van der Waals surface area contributed by atoms with Crippen molar-refractivity contribution in [3.8, 4) is 5.75 Å². The van der Waals surface area contributed by atoms with Crippen LogP contribution in [0, 0.1) is 6.92 Å². The van der Waals surface area contributed by atoms with Crippen molar-refractivity contribution in [1.29, 1.82) is 0 Å². The first-order valence-corrected chi connectivity index (χ1v) is 9.57. The zero-order valence-corrected chi connectivity index (χ0v) is 17.5. The number of nitrogens with one attached hydrogen (secondary N) is 2. The smallest absolute Gasteiger partial charge is 0.387 e. The number of anilines is 2. The minimum atomic E-state index is -2.94. The van der Waals surface area contributed by atoms with Gasteiger partial charge in [-0.3, -0.25) is 4.68 Å². The highest BCUT2D eigenvalue weighted by atomic mass is 35.5. The molecule has 1 aromatic heterocycles. The third-order valence-corrected chi connectivity index (χ3v) is 4.62. The fourth-order valence-corrected chi connectivity index (χ4v) is 3.22. The second kappa shape index (κ2) is 9.39. The largest absolute Gasteiger partial charge is 0.433 e. The number of hydrogen-bond donors (Lipinski definition) is 2. The molecule has 0 saturated heterocycles. The third kappa shape index (κ3) is 6.03.